The number of rotatable bonds is 3. The van der Waals surface area contributed by atoms with Crippen LogP contribution < -0.4 is 0 Å². The van der Waals surface area contributed by atoms with Gasteiger partial charge in [-0.25, -0.2) is 0 Å². The van der Waals surface area contributed by atoms with E-state index in [2.05, 4.69) is 0 Å². The van der Waals surface area contributed by atoms with E-state index in [0.29, 0.717) is 11.7 Å². The maximum atomic E-state index is 11.3. The van der Waals surface area contributed by atoms with Crippen molar-refractivity contribution < 1.29 is 13.9 Å². The van der Waals surface area contributed by atoms with E-state index in [1.54, 1.807) is 44.1 Å². The molecule has 1 aliphatic carbocycles. The Kier molecular flexibility index (Phi) is 2.87. The third-order valence-corrected chi connectivity index (χ3v) is 1.82. The number of ether oxygens (including phenoxy) is 1. The summed E-state index contributed by atoms with van der Waals surface area (Å²) in [4.78, 5) is 11.3. The van der Waals surface area contributed by atoms with Crippen LogP contribution in [-0.4, -0.2) is 5.97 Å². The van der Waals surface area contributed by atoms with E-state index in [1.165, 1.54) is 0 Å². The maximum absolute atomic E-state index is 11.3. The predicted molar refractivity (Wildman–Crippen MR) is 48.9 cm³/mol. The molecular weight excluding hydrogens is 180 g/mol. The highest BCUT2D eigenvalue weighted by atomic mass is 16.5. The maximum Gasteiger partial charge on any atom is 0.314 e. The van der Waals surface area contributed by atoms with Crippen molar-refractivity contribution in [3.05, 3.63) is 55.8 Å². The number of hydrogen-bond acceptors (Lipinski definition) is 3. The molecule has 0 spiro atoms. The largest absolute Gasteiger partial charge is 0.466 e. The van der Waals surface area contributed by atoms with Crippen LogP contribution in [0.1, 0.15) is 5.76 Å². The third kappa shape index (κ3) is 2.16. The fourth-order valence-corrected chi connectivity index (χ4v) is 1.12. The Morgan fingerprint density at radius 3 is 2.79 bits per heavy atom. The first-order valence-electron chi connectivity index (χ1n) is 4.27. The second-order valence-corrected chi connectivity index (χ2v) is 2.83. The van der Waals surface area contributed by atoms with E-state index >= 15 is 0 Å². The smallest absolute Gasteiger partial charge is 0.314 e. The van der Waals surface area contributed by atoms with Crippen LogP contribution in [0.15, 0.2) is 22.8 Å². The van der Waals surface area contributed by atoms with E-state index in [4.69, 9.17) is 9.15 Å². The van der Waals surface area contributed by atoms with Crippen LogP contribution in [0.2, 0.25) is 0 Å². The highest BCUT2D eigenvalue weighted by molar-refractivity contribution is 5.91. The van der Waals surface area contributed by atoms with E-state index < -0.39 is 0 Å². The molecule has 3 heteroatoms. The molecule has 0 bridgehead atoms. The van der Waals surface area contributed by atoms with E-state index in [1.807, 2.05) is 0 Å². The van der Waals surface area contributed by atoms with Crippen LogP contribution in [0.5, 0.6) is 0 Å². The molecule has 1 fully saturated rings. The second-order valence-electron chi connectivity index (χ2n) is 2.83. The number of hydrogen-bond donors (Lipinski definition) is 0. The van der Waals surface area contributed by atoms with Crippen molar-refractivity contribution in [2.45, 2.75) is 6.61 Å². The zero-order valence-corrected chi connectivity index (χ0v) is 7.47. The summed E-state index contributed by atoms with van der Waals surface area (Å²) in [5.41, 5.74) is 0. The summed E-state index contributed by atoms with van der Waals surface area (Å²) in [5.74, 6) is 0.882. The highest BCUT2D eigenvalue weighted by Crippen LogP contribution is 2.24. The molecule has 71 valence electrons. The number of esters is 1. The minimum Gasteiger partial charge on any atom is -0.466 e. The van der Waals surface area contributed by atoms with Crippen molar-refractivity contribution >= 4 is 5.97 Å². The summed E-state index contributed by atoms with van der Waals surface area (Å²) in [7, 11) is 0. The molecule has 2 rings (SSSR count). The fourth-order valence-electron chi connectivity index (χ4n) is 1.12. The van der Waals surface area contributed by atoms with Gasteiger partial charge in [0.1, 0.15) is 12.4 Å². The SMILES string of the molecule is O=C(OCc1ccco1)[C]1[CH][CH][CH][CH]1. The van der Waals surface area contributed by atoms with Gasteiger partial charge in [-0.1, -0.05) is 0 Å². The Morgan fingerprint density at radius 2 is 2.14 bits per heavy atom. The minimum atomic E-state index is -0.327. The third-order valence-electron chi connectivity index (χ3n) is 1.82. The lowest BCUT2D eigenvalue weighted by Crippen LogP contribution is -2.13. The van der Waals surface area contributed by atoms with Gasteiger partial charge in [0.05, 0.1) is 12.2 Å². The molecular formula is C11H9O3. The Bertz CT molecular complexity index is 283. The molecule has 0 unspecified atom stereocenters. The molecule has 0 atom stereocenters. The fraction of sp³-hybridized carbons (Fsp3) is 0.0909. The second kappa shape index (κ2) is 4.31. The van der Waals surface area contributed by atoms with E-state index in [0.717, 1.165) is 0 Å². The number of furan rings is 1. The van der Waals surface area contributed by atoms with Gasteiger partial charge in [-0.15, -0.1) is 0 Å². The average Bonchev–Trinajstić information content (AvgIpc) is 2.87. The molecule has 0 aromatic carbocycles. The quantitative estimate of drug-likeness (QED) is 0.680. The van der Waals surface area contributed by atoms with Crippen molar-refractivity contribution in [2.75, 3.05) is 0 Å². The van der Waals surface area contributed by atoms with Gasteiger partial charge in [0.25, 0.3) is 0 Å². The summed E-state index contributed by atoms with van der Waals surface area (Å²) >= 11 is 0. The standard InChI is InChI=1S/C11H9O3/c12-11(9-4-1-2-5-9)14-8-10-6-3-7-13-10/h1-7H,8H2. The summed E-state index contributed by atoms with van der Waals surface area (Å²) in [6, 6.07) is 3.52. The Labute approximate surface area is 83.0 Å². The van der Waals surface area contributed by atoms with Crippen molar-refractivity contribution in [3.8, 4) is 0 Å². The summed E-state index contributed by atoms with van der Waals surface area (Å²) in [6.07, 6.45) is 8.56. The Balaban J connectivity index is 1.77. The lowest BCUT2D eigenvalue weighted by atomic mass is 10.1. The molecule has 0 aliphatic heterocycles. The monoisotopic (exact) mass is 189 g/mol. The van der Waals surface area contributed by atoms with Crippen molar-refractivity contribution in [2.24, 2.45) is 0 Å². The van der Waals surface area contributed by atoms with Gasteiger partial charge in [-0.2, -0.15) is 0 Å². The molecule has 1 aliphatic rings. The van der Waals surface area contributed by atoms with Crippen LogP contribution in [-0.2, 0) is 16.1 Å². The lowest BCUT2D eigenvalue weighted by Gasteiger charge is -2.06. The molecule has 1 heterocycles. The van der Waals surface area contributed by atoms with Gasteiger partial charge in [0, 0.05) is 0 Å². The van der Waals surface area contributed by atoms with Crippen LogP contribution >= 0.6 is 0 Å². The van der Waals surface area contributed by atoms with E-state index in [-0.39, 0.29) is 12.6 Å². The van der Waals surface area contributed by atoms with Crippen molar-refractivity contribution in [3.63, 3.8) is 0 Å². The zero-order valence-electron chi connectivity index (χ0n) is 7.47. The lowest BCUT2D eigenvalue weighted by molar-refractivity contribution is -0.142. The molecule has 3 nitrogen and oxygen atoms in total. The highest BCUT2D eigenvalue weighted by Gasteiger charge is 2.26. The molecule has 0 N–H and O–H groups in total. The van der Waals surface area contributed by atoms with Crippen molar-refractivity contribution in [1.82, 2.24) is 0 Å². The Hall–Kier alpha value is -1.25. The number of carbonyl (C=O) groups is 1. The first kappa shape index (κ1) is 9.31. The molecule has 0 saturated heterocycles. The average molecular weight is 189 g/mol. The topological polar surface area (TPSA) is 39.4 Å². The predicted octanol–water partition coefficient (Wildman–Crippen LogP) is 1.73. The van der Waals surface area contributed by atoms with Crippen LogP contribution in [0.4, 0.5) is 0 Å². The first-order valence-corrected chi connectivity index (χ1v) is 4.27. The van der Waals surface area contributed by atoms with Gasteiger partial charge in [0.15, 0.2) is 0 Å². The molecule has 1 aromatic heterocycles. The summed E-state index contributed by atoms with van der Waals surface area (Å²) in [5, 5.41) is 0. The number of carbonyl (C=O) groups excluding carboxylic acids is 1. The van der Waals surface area contributed by atoms with E-state index in [9.17, 15) is 4.79 Å². The van der Waals surface area contributed by atoms with Crippen LogP contribution in [0, 0.1) is 31.6 Å². The van der Waals surface area contributed by atoms with Gasteiger partial charge in [0.2, 0.25) is 0 Å². The summed E-state index contributed by atoms with van der Waals surface area (Å²) < 4.78 is 10.0. The van der Waals surface area contributed by atoms with Crippen LogP contribution in [0.3, 0.4) is 0 Å². The molecule has 0 amide bonds. The van der Waals surface area contributed by atoms with Crippen molar-refractivity contribution in [1.29, 1.82) is 0 Å². The molecule has 1 aromatic rings. The molecule has 5 radical (unpaired) electrons. The van der Waals surface area contributed by atoms with Gasteiger partial charge < -0.3 is 9.15 Å². The Morgan fingerprint density at radius 1 is 1.36 bits per heavy atom. The van der Waals surface area contributed by atoms with Gasteiger partial charge in [-0.05, 0) is 37.8 Å². The normalized spacial score (nSPS) is 17.1. The van der Waals surface area contributed by atoms with Gasteiger partial charge >= 0.3 is 5.97 Å². The summed E-state index contributed by atoms with van der Waals surface area (Å²) in [6.45, 7) is 0.178. The molecule has 14 heavy (non-hydrogen) atoms. The first-order chi connectivity index (χ1) is 6.86. The van der Waals surface area contributed by atoms with Gasteiger partial charge in [-0.3, -0.25) is 4.79 Å². The zero-order chi connectivity index (χ0) is 9.80. The molecule has 1 saturated carbocycles. The minimum absolute atomic E-state index is 0.178. The van der Waals surface area contributed by atoms with Crippen LogP contribution in [0.25, 0.3) is 0 Å².